The second kappa shape index (κ2) is 12.4. The van der Waals surface area contributed by atoms with Crippen molar-refractivity contribution in [1.29, 1.82) is 0 Å². The van der Waals surface area contributed by atoms with Crippen LogP contribution < -0.4 is 9.47 Å². The Morgan fingerprint density at radius 1 is 1.17 bits per heavy atom. The number of ether oxygens (including phenoxy) is 3. The molecule has 2 heterocycles. The van der Waals surface area contributed by atoms with Gasteiger partial charge in [-0.3, -0.25) is 19.3 Å². The lowest BCUT2D eigenvalue weighted by molar-refractivity contribution is -0.139. The Morgan fingerprint density at radius 2 is 1.89 bits per heavy atom. The zero-order chi connectivity index (χ0) is 25.7. The molecule has 2 aliphatic rings. The first-order chi connectivity index (χ1) is 17.4. The monoisotopic (exact) mass is 686 g/mol. The number of thioether (sulfide) groups is 1. The molecule has 4 rings (SSSR count). The number of halogens is 2. The van der Waals surface area contributed by atoms with Gasteiger partial charge in [0, 0.05) is 17.6 Å². The first-order valence-corrected chi connectivity index (χ1v) is 14.0. The van der Waals surface area contributed by atoms with E-state index in [2.05, 4.69) is 38.5 Å². The van der Waals surface area contributed by atoms with Crippen LogP contribution in [0.25, 0.3) is 6.08 Å². The highest BCUT2D eigenvalue weighted by Crippen LogP contribution is 2.38. The van der Waals surface area contributed by atoms with Crippen LogP contribution in [0.15, 0.2) is 45.8 Å². The van der Waals surface area contributed by atoms with E-state index in [9.17, 15) is 14.4 Å². The summed E-state index contributed by atoms with van der Waals surface area (Å²) in [7, 11) is 0. The summed E-state index contributed by atoms with van der Waals surface area (Å²) in [4.78, 5) is 40.9. The van der Waals surface area contributed by atoms with Gasteiger partial charge in [-0.15, -0.1) is 0 Å². The summed E-state index contributed by atoms with van der Waals surface area (Å²) < 4.78 is 19.0. The fourth-order valence-electron chi connectivity index (χ4n) is 3.65. The Hall–Kier alpha value is -2.09. The van der Waals surface area contributed by atoms with Gasteiger partial charge in [0.25, 0.3) is 11.1 Å². The maximum atomic E-state index is 12.9. The van der Waals surface area contributed by atoms with Crippen molar-refractivity contribution in [3.63, 3.8) is 0 Å². The summed E-state index contributed by atoms with van der Waals surface area (Å²) in [5, 5.41) is -0.456. The molecular formula is C25H24BrIN2O6S. The minimum atomic E-state index is -0.477. The van der Waals surface area contributed by atoms with Crippen LogP contribution in [0.1, 0.15) is 18.1 Å². The molecule has 0 N–H and O–H groups in total. The lowest BCUT2D eigenvalue weighted by Gasteiger charge is -2.28. The van der Waals surface area contributed by atoms with Crippen molar-refractivity contribution in [2.75, 3.05) is 39.5 Å². The number of amides is 3. The molecule has 0 radical (unpaired) electrons. The summed E-state index contributed by atoms with van der Waals surface area (Å²) in [6, 6.07) is 11.5. The Labute approximate surface area is 235 Å². The fourth-order valence-corrected chi connectivity index (χ4v) is 5.53. The summed E-state index contributed by atoms with van der Waals surface area (Å²) >= 11 is 6.43. The molecule has 0 atom stereocenters. The van der Waals surface area contributed by atoms with Gasteiger partial charge in [0.05, 0.1) is 28.3 Å². The van der Waals surface area contributed by atoms with Crippen molar-refractivity contribution in [1.82, 2.24) is 9.80 Å². The molecule has 2 saturated heterocycles. The summed E-state index contributed by atoms with van der Waals surface area (Å²) in [6.45, 7) is 4.25. The van der Waals surface area contributed by atoms with Crippen molar-refractivity contribution in [3.05, 3.63) is 60.5 Å². The van der Waals surface area contributed by atoms with Gasteiger partial charge < -0.3 is 19.1 Å². The molecule has 36 heavy (non-hydrogen) atoms. The van der Waals surface area contributed by atoms with E-state index in [4.69, 9.17) is 14.2 Å². The molecule has 2 fully saturated rings. The van der Waals surface area contributed by atoms with E-state index in [0.717, 1.165) is 30.3 Å². The van der Waals surface area contributed by atoms with Crippen molar-refractivity contribution in [3.8, 4) is 11.5 Å². The van der Waals surface area contributed by atoms with Gasteiger partial charge >= 0.3 is 0 Å². The average molecular weight is 687 g/mol. The summed E-state index contributed by atoms with van der Waals surface area (Å²) in [6.07, 6.45) is 1.65. The van der Waals surface area contributed by atoms with Crippen molar-refractivity contribution in [2.24, 2.45) is 0 Å². The highest BCUT2D eigenvalue weighted by molar-refractivity contribution is 14.1. The topological polar surface area (TPSA) is 85.4 Å². The number of benzene rings is 2. The third-order valence-electron chi connectivity index (χ3n) is 5.46. The number of nitrogens with zero attached hydrogens (tertiary/aromatic N) is 2. The minimum Gasteiger partial charge on any atom is -0.490 e. The molecule has 2 aromatic rings. The first kappa shape index (κ1) is 27.0. The molecule has 8 nitrogen and oxygen atoms in total. The van der Waals surface area contributed by atoms with Gasteiger partial charge in [-0.2, -0.15) is 0 Å². The number of imide groups is 1. The normalized spacial score (nSPS) is 17.1. The molecule has 0 spiro atoms. The Kier molecular flexibility index (Phi) is 9.31. The summed E-state index contributed by atoms with van der Waals surface area (Å²) in [5.41, 5.74) is 1.71. The van der Waals surface area contributed by atoms with Gasteiger partial charge in [0.2, 0.25) is 5.91 Å². The van der Waals surface area contributed by atoms with Gasteiger partial charge in [-0.25, -0.2) is 0 Å². The second-order valence-electron chi connectivity index (χ2n) is 7.94. The molecule has 190 valence electrons. The van der Waals surface area contributed by atoms with E-state index >= 15 is 0 Å². The highest BCUT2D eigenvalue weighted by atomic mass is 127. The smallest absolute Gasteiger partial charge is 0.294 e. The van der Waals surface area contributed by atoms with Crippen molar-refractivity contribution < 1.29 is 28.6 Å². The van der Waals surface area contributed by atoms with Gasteiger partial charge in [-0.05, 0) is 82.7 Å². The lowest BCUT2D eigenvalue weighted by Crippen LogP contribution is -2.46. The number of hydrogen-bond donors (Lipinski definition) is 0. The van der Waals surface area contributed by atoms with Crippen LogP contribution in [0.3, 0.4) is 0 Å². The van der Waals surface area contributed by atoms with E-state index in [1.165, 1.54) is 0 Å². The SMILES string of the molecule is CCOc1cc(/C=C2/SC(=O)N(CC(=O)N3CCOCC3)C2=O)cc(I)c1OCc1ccc(Br)cc1. The number of rotatable bonds is 8. The molecule has 3 amide bonds. The zero-order valence-electron chi connectivity index (χ0n) is 19.5. The molecule has 2 aromatic carbocycles. The molecule has 2 aliphatic heterocycles. The molecule has 11 heteroatoms. The molecule has 0 unspecified atom stereocenters. The van der Waals surface area contributed by atoms with E-state index in [1.54, 1.807) is 17.0 Å². The highest BCUT2D eigenvalue weighted by Gasteiger charge is 2.37. The van der Waals surface area contributed by atoms with Crippen LogP contribution in [0.4, 0.5) is 4.79 Å². The number of carbonyl (C=O) groups excluding carboxylic acids is 3. The zero-order valence-corrected chi connectivity index (χ0v) is 24.1. The first-order valence-electron chi connectivity index (χ1n) is 11.3. The van der Waals surface area contributed by atoms with E-state index in [1.807, 2.05) is 37.3 Å². The number of hydrogen-bond acceptors (Lipinski definition) is 7. The molecule has 0 bridgehead atoms. The lowest BCUT2D eigenvalue weighted by atomic mass is 10.1. The minimum absolute atomic E-state index is 0.261. The third kappa shape index (κ3) is 6.61. The third-order valence-corrected chi connectivity index (χ3v) is 7.69. The van der Waals surface area contributed by atoms with Gasteiger partial charge in [0.15, 0.2) is 11.5 Å². The quantitative estimate of drug-likeness (QED) is 0.288. The van der Waals surface area contributed by atoms with E-state index in [0.29, 0.717) is 56.6 Å². The van der Waals surface area contributed by atoms with Crippen LogP contribution in [-0.2, 0) is 20.9 Å². The maximum absolute atomic E-state index is 12.9. The Bertz CT molecular complexity index is 1180. The van der Waals surface area contributed by atoms with Crippen LogP contribution in [0.5, 0.6) is 11.5 Å². The van der Waals surface area contributed by atoms with Crippen LogP contribution >= 0.6 is 50.3 Å². The average Bonchev–Trinajstić information content (AvgIpc) is 3.12. The van der Waals surface area contributed by atoms with Crippen LogP contribution in [0, 0.1) is 3.57 Å². The van der Waals surface area contributed by atoms with Crippen molar-refractivity contribution >= 4 is 73.4 Å². The number of morpholine rings is 1. The fraction of sp³-hybridized carbons (Fsp3) is 0.320. The second-order valence-corrected chi connectivity index (χ2v) is 11.0. The van der Waals surface area contributed by atoms with Crippen molar-refractivity contribution in [2.45, 2.75) is 13.5 Å². The predicted molar refractivity (Wildman–Crippen MR) is 149 cm³/mol. The molecular weight excluding hydrogens is 663 g/mol. The number of carbonyl (C=O) groups is 3. The van der Waals surface area contributed by atoms with Crippen LogP contribution in [0.2, 0.25) is 0 Å². The van der Waals surface area contributed by atoms with E-state index < -0.39 is 11.1 Å². The standard InChI is InChI=1S/C25H24BrIN2O6S/c1-2-34-20-12-17(11-19(27)23(20)35-15-16-3-5-18(26)6-4-16)13-21-24(31)29(25(32)36-21)14-22(30)28-7-9-33-10-8-28/h3-6,11-13H,2,7-10,14-15H2,1H3/b21-13+. The maximum Gasteiger partial charge on any atom is 0.294 e. The molecule has 0 aliphatic carbocycles. The summed E-state index contributed by atoms with van der Waals surface area (Å²) in [5.74, 6) is 0.425. The van der Waals surface area contributed by atoms with Crippen LogP contribution in [-0.4, -0.2) is 66.3 Å². The van der Waals surface area contributed by atoms with E-state index in [-0.39, 0.29) is 17.4 Å². The predicted octanol–water partition coefficient (Wildman–Crippen LogP) is 4.93. The Balaban J connectivity index is 1.50. The Morgan fingerprint density at radius 3 is 2.58 bits per heavy atom. The van der Waals surface area contributed by atoms with Gasteiger partial charge in [-0.1, -0.05) is 28.1 Å². The molecule has 0 aromatic heterocycles. The molecule has 0 saturated carbocycles. The largest absolute Gasteiger partial charge is 0.490 e. The van der Waals surface area contributed by atoms with Gasteiger partial charge in [0.1, 0.15) is 13.2 Å².